The normalized spacial score (nSPS) is 24.8. The summed E-state index contributed by atoms with van der Waals surface area (Å²) in [7, 11) is 0. The smallest absolute Gasteiger partial charge is 0.201 e. The van der Waals surface area contributed by atoms with E-state index in [2.05, 4.69) is 12.7 Å². The van der Waals surface area contributed by atoms with Gasteiger partial charge in [0.05, 0.1) is 19.3 Å². The van der Waals surface area contributed by atoms with Gasteiger partial charge in [-0.2, -0.15) is 4.39 Å². The van der Waals surface area contributed by atoms with Crippen molar-refractivity contribution in [2.75, 3.05) is 13.2 Å². The predicted molar refractivity (Wildman–Crippen MR) is 129 cm³/mol. The highest BCUT2D eigenvalue weighted by Gasteiger charge is 2.31. The van der Waals surface area contributed by atoms with Gasteiger partial charge in [-0.1, -0.05) is 18.2 Å². The molecule has 0 radical (unpaired) electrons. The first kappa shape index (κ1) is 25.7. The van der Waals surface area contributed by atoms with Crippen molar-refractivity contribution in [2.45, 2.75) is 64.4 Å². The van der Waals surface area contributed by atoms with Crippen LogP contribution in [0.2, 0.25) is 0 Å². The van der Waals surface area contributed by atoms with Gasteiger partial charge in [0.15, 0.2) is 23.2 Å². The van der Waals surface area contributed by atoms with Crippen LogP contribution in [0, 0.1) is 41.0 Å². The highest BCUT2D eigenvalue weighted by molar-refractivity contribution is 5.66. The van der Waals surface area contributed by atoms with Gasteiger partial charge in [-0.15, -0.1) is 6.58 Å². The fraction of sp³-hybridized carbons (Fsp3) is 0.517. The summed E-state index contributed by atoms with van der Waals surface area (Å²) in [5.74, 6) is -3.00. The third-order valence-corrected chi connectivity index (χ3v) is 7.76. The molecule has 1 saturated carbocycles. The Balaban J connectivity index is 1.35. The molecule has 0 bridgehead atoms. The number of allylic oxidation sites excluding steroid dienone is 1. The Bertz CT molecular complexity index is 1020. The Labute approximate surface area is 205 Å². The van der Waals surface area contributed by atoms with Gasteiger partial charge in [0.1, 0.15) is 0 Å². The van der Waals surface area contributed by atoms with Gasteiger partial charge in [0.25, 0.3) is 0 Å². The van der Waals surface area contributed by atoms with E-state index in [4.69, 9.17) is 9.47 Å². The molecular formula is C29H34F4O2. The van der Waals surface area contributed by atoms with Crippen molar-refractivity contribution >= 4 is 0 Å². The molecule has 190 valence electrons. The van der Waals surface area contributed by atoms with Crippen LogP contribution in [0.15, 0.2) is 36.9 Å². The van der Waals surface area contributed by atoms with Crippen LogP contribution in [-0.4, -0.2) is 19.3 Å². The number of rotatable bonds is 8. The molecule has 2 nitrogen and oxygen atoms in total. The second kappa shape index (κ2) is 11.6. The SMILES string of the molecule is C=CC1CCC(C2CCC(CCc3ccc(-c4ccc(OCC)c(F)c4F)c(F)c3F)OC2)CC1. The van der Waals surface area contributed by atoms with E-state index in [0.717, 1.165) is 19.4 Å². The third-order valence-electron chi connectivity index (χ3n) is 7.76. The van der Waals surface area contributed by atoms with Gasteiger partial charge in [-0.25, -0.2) is 13.2 Å². The molecule has 2 atom stereocenters. The lowest BCUT2D eigenvalue weighted by molar-refractivity contribution is -0.0409. The zero-order valence-electron chi connectivity index (χ0n) is 20.3. The molecule has 35 heavy (non-hydrogen) atoms. The van der Waals surface area contributed by atoms with Crippen molar-refractivity contribution < 1.29 is 27.0 Å². The molecule has 1 aliphatic carbocycles. The van der Waals surface area contributed by atoms with Crippen molar-refractivity contribution in [2.24, 2.45) is 17.8 Å². The average molecular weight is 491 g/mol. The Morgan fingerprint density at radius 1 is 0.857 bits per heavy atom. The van der Waals surface area contributed by atoms with Gasteiger partial charge in [-0.3, -0.25) is 0 Å². The van der Waals surface area contributed by atoms with Crippen LogP contribution < -0.4 is 4.74 Å². The molecule has 6 heteroatoms. The predicted octanol–water partition coefficient (Wildman–Crippen LogP) is 8.03. The average Bonchev–Trinajstić information content (AvgIpc) is 2.89. The standard InChI is InChI=1S/C29H34F4O2/c1-3-18-5-7-19(8-6-18)21-10-13-22(35-17-21)12-9-20-11-14-23(27(31)26(20)30)24-15-16-25(34-4-2)29(33)28(24)32/h3,11,14-16,18-19,21-22H,1,4-10,12-13,17H2,2H3. The molecule has 1 heterocycles. The first-order chi connectivity index (χ1) is 16.9. The lowest BCUT2D eigenvalue weighted by Gasteiger charge is -2.37. The van der Waals surface area contributed by atoms with Gasteiger partial charge >= 0.3 is 0 Å². The van der Waals surface area contributed by atoms with Crippen LogP contribution in [0.1, 0.15) is 57.4 Å². The molecule has 4 rings (SSSR count). The van der Waals surface area contributed by atoms with E-state index in [9.17, 15) is 17.6 Å². The Hall–Kier alpha value is -2.34. The highest BCUT2D eigenvalue weighted by atomic mass is 19.2. The Kier molecular flexibility index (Phi) is 8.53. The molecule has 1 saturated heterocycles. The maximum Gasteiger partial charge on any atom is 0.201 e. The minimum Gasteiger partial charge on any atom is -0.491 e. The second-order valence-electron chi connectivity index (χ2n) is 9.81. The van der Waals surface area contributed by atoms with E-state index < -0.39 is 23.3 Å². The molecule has 2 unspecified atom stereocenters. The number of halogens is 4. The summed E-state index contributed by atoms with van der Waals surface area (Å²) in [6.07, 6.45) is 9.92. The first-order valence-corrected chi connectivity index (χ1v) is 12.7. The van der Waals surface area contributed by atoms with Crippen LogP contribution >= 0.6 is 0 Å². The molecule has 2 aromatic rings. The van der Waals surface area contributed by atoms with Crippen LogP contribution in [-0.2, 0) is 11.2 Å². The van der Waals surface area contributed by atoms with Crippen molar-refractivity contribution in [3.05, 3.63) is 65.8 Å². The maximum atomic E-state index is 14.9. The molecular weight excluding hydrogens is 456 g/mol. The van der Waals surface area contributed by atoms with Crippen molar-refractivity contribution in [3.8, 4) is 16.9 Å². The fourth-order valence-electron chi connectivity index (χ4n) is 5.59. The third kappa shape index (κ3) is 5.74. The molecule has 0 amide bonds. The summed E-state index contributed by atoms with van der Waals surface area (Å²) in [6, 6.07) is 5.19. The molecule has 2 fully saturated rings. The quantitative estimate of drug-likeness (QED) is 0.275. The fourth-order valence-corrected chi connectivity index (χ4v) is 5.59. The van der Waals surface area contributed by atoms with Crippen LogP contribution in [0.5, 0.6) is 5.75 Å². The number of hydrogen-bond donors (Lipinski definition) is 0. The molecule has 1 aliphatic heterocycles. The van der Waals surface area contributed by atoms with E-state index in [0.29, 0.717) is 30.6 Å². The number of aryl methyl sites for hydroxylation is 1. The van der Waals surface area contributed by atoms with Gasteiger partial charge in [-0.05, 0) is 93.7 Å². The Morgan fingerprint density at radius 2 is 1.51 bits per heavy atom. The first-order valence-electron chi connectivity index (χ1n) is 12.7. The monoisotopic (exact) mass is 490 g/mol. The topological polar surface area (TPSA) is 18.5 Å². The molecule has 0 spiro atoms. The van der Waals surface area contributed by atoms with Gasteiger partial charge in [0.2, 0.25) is 5.82 Å². The lowest BCUT2D eigenvalue weighted by atomic mass is 9.74. The number of ether oxygens (including phenoxy) is 2. The van der Waals surface area contributed by atoms with Crippen LogP contribution in [0.3, 0.4) is 0 Å². The summed E-state index contributed by atoms with van der Waals surface area (Å²) in [4.78, 5) is 0. The zero-order valence-corrected chi connectivity index (χ0v) is 20.3. The molecule has 2 aliphatic rings. The van der Waals surface area contributed by atoms with Crippen molar-refractivity contribution in [1.82, 2.24) is 0 Å². The Morgan fingerprint density at radius 3 is 2.14 bits per heavy atom. The van der Waals surface area contributed by atoms with Crippen LogP contribution in [0.25, 0.3) is 11.1 Å². The van der Waals surface area contributed by atoms with Crippen molar-refractivity contribution in [3.63, 3.8) is 0 Å². The zero-order chi connectivity index (χ0) is 24.9. The summed E-state index contributed by atoms with van der Waals surface area (Å²) < 4.78 is 69.5. The number of benzene rings is 2. The molecule has 0 aromatic heterocycles. The summed E-state index contributed by atoms with van der Waals surface area (Å²) in [6.45, 7) is 6.45. The van der Waals surface area contributed by atoms with E-state index >= 15 is 0 Å². The summed E-state index contributed by atoms with van der Waals surface area (Å²) in [5.41, 5.74) is -0.433. The minimum absolute atomic E-state index is 0.0237. The van der Waals surface area contributed by atoms with Gasteiger partial charge in [0, 0.05) is 11.1 Å². The molecule has 0 N–H and O–H groups in total. The molecule has 2 aromatic carbocycles. The second-order valence-corrected chi connectivity index (χ2v) is 9.81. The highest BCUT2D eigenvalue weighted by Crippen LogP contribution is 2.39. The lowest BCUT2D eigenvalue weighted by Crippen LogP contribution is -2.32. The van der Waals surface area contributed by atoms with Crippen LogP contribution in [0.4, 0.5) is 17.6 Å². The van der Waals surface area contributed by atoms with E-state index in [1.54, 1.807) is 6.92 Å². The minimum atomic E-state index is -1.26. The van der Waals surface area contributed by atoms with Gasteiger partial charge < -0.3 is 9.47 Å². The van der Waals surface area contributed by atoms with Crippen molar-refractivity contribution in [1.29, 1.82) is 0 Å². The largest absolute Gasteiger partial charge is 0.491 e. The summed E-state index contributed by atoms with van der Waals surface area (Å²) in [5, 5.41) is 0. The maximum absolute atomic E-state index is 14.9. The summed E-state index contributed by atoms with van der Waals surface area (Å²) >= 11 is 0. The van der Waals surface area contributed by atoms with E-state index in [1.165, 1.54) is 49.9 Å². The van der Waals surface area contributed by atoms with E-state index in [1.807, 2.05) is 0 Å². The number of hydrogen-bond acceptors (Lipinski definition) is 2. The van der Waals surface area contributed by atoms with E-state index in [-0.39, 0.29) is 35.2 Å².